The van der Waals surface area contributed by atoms with E-state index >= 15 is 0 Å². The van der Waals surface area contributed by atoms with Crippen LogP contribution in [-0.4, -0.2) is 6.54 Å². The van der Waals surface area contributed by atoms with Gasteiger partial charge in [-0.15, -0.1) is 0 Å². The first-order valence-corrected chi connectivity index (χ1v) is 8.62. The molecular weight excluding hydrogens is 397 g/mol. The second kappa shape index (κ2) is 8.06. The number of hydrogen-bond acceptors (Lipinski definition) is 1. The monoisotopic (exact) mass is 413 g/mol. The van der Waals surface area contributed by atoms with Crippen molar-refractivity contribution in [2.75, 3.05) is 6.54 Å². The van der Waals surface area contributed by atoms with Crippen molar-refractivity contribution < 1.29 is 4.39 Å². The van der Waals surface area contributed by atoms with Crippen molar-refractivity contribution in [1.29, 1.82) is 0 Å². The lowest BCUT2D eigenvalue weighted by Crippen LogP contribution is -2.25. The summed E-state index contributed by atoms with van der Waals surface area (Å²) in [7, 11) is 0. The maximum absolute atomic E-state index is 14.2. The summed E-state index contributed by atoms with van der Waals surface area (Å²) in [5.74, 6) is -0.171. The highest BCUT2D eigenvalue weighted by Gasteiger charge is 2.18. The van der Waals surface area contributed by atoms with Gasteiger partial charge in [-0.2, -0.15) is 0 Å². The maximum atomic E-state index is 14.2. The molecule has 0 saturated heterocycles. The Labute approximate surface area is 142 Å². The predicted molar refractivity (Wildman–Crippen MR) is 93.0 cm³/mol. The molecule has 1 N–H and O–H groups in total. The van der Waals surface area contributed by atoms with Crippen LogP contribution >= 0.6 is 31.9 Å². The summed E-state index contributed by atoms with van der Waals surface area (Å²) in [6.07, 6.45) is 1.77. The van der Waals surface area contributed by atoms with Crippen LogP contribution in [0.25, 0.3) is 0 Å². The Morgan fingerprint density at radius 1 is 1.10 bits per heavy atom. The summed E-state index contributed by atoms with van der Waals surface area (Å²) >= 11 is 6.92. The van der Waals surface area contributed by atoms with Crippen LogP contribution in [0.3, 0.4) is 0 Å². The molecule has 0 saturated carbocycles. The fraction of sp³-hybridized carbons (Fsp3) is 0.294. The van der Waals surface area contributed by atoms with Gasteiger partial charge < -0.3 is 5.32 Å². The van der Waals surface area contributed by atoms with Gasteiger partial charge in [0.15, 0.2) is 0 Å². The second-order valence-corrected chi connectivity index (χ2v) is 6.74. The molecule has 0 aliphatic rings. The fourth-order valence-electron chi connectivity index (χ4n) is 2.29. The van der Waals surface area contributed by atoms with E-state index in [1.54, 1.807) is 6.07 Å². The third-order valence-corrected chi connectivity index (χ3v) is 4.56. The minimum absolute atomic E-state index is 0.0401. The van der Waals surface area contributed by atoms with Gasteiger partial charge in [0.05, 0.1) is 0 Å². The van der Waals surface area contributed by atoms with Gasteiger partial charge in [0, 0.05) is 20.6 Å². The molecule has 4 heteroatoms. The van der Waals surface area contributed by atoms with Crippen molar-refractivity contribution in [2.45, 2.75) is 25.8 Å². The Kier molecular flexibility index (Phi) is 6.40. The molecular formula is C17H18Br2FN. The molecule has 0 fully saturated rings. The normalized spacial score (nSPS) is 12.4. The molecule has 0 bridgehead atoms. The topological polar surface area (TPSA) is 12.0 Å². The summed E-state index contributed by atoms with van der Waals surface area (Å²) in [6, 6.07) is 13.3. The Morgan fingerprint density at radius 3 is 2.43 bits per heavy atom. The minimum Gasteiger partial charge on any atom is -0.310 e. The average molecular weight is 415 g/mol. The quantitative estimate of drug-likeness (QED) is 0.645. The smallest absolute Gasteiger partial charge is 0.129 e. The Morgan fingerprint density at radius 2 is 1.81 bits per heavy atom. The standard InChI is InChI=1S/C17H18Br2FN/c1-2-10-21-16(11-12-6-8-13(18)9-7-12)17-14(19)4-3-5-15(17)20/h3-9,16,21H,2,10-11H2,1H3. The summed E-state index contributed by atoms with van der Waals surface area (Å²) < 4.78 is 16.1. The molecule has 0 aromatic heterocycles. The van der Waals surface area contributed by atoms with Crippen molar-refractivity contribution in [3.63, 3.8) is 0 Å². The highest BCUT2D eigenvalue weighted by molar-refractivity contribution is 9.10. The van der Waals surface area contributed by atoms with Gasteiger partial charge in [-0.1, -0.05) is 57.0 Å². The van der Waals surface area contributed by atoms with E-state index in [1.807, 2.05) is 18.2 Å². The first kappa shape index (κ1) is 16.7. The van der Waals surface area contributed by atoms with Crippen LogP contribution in [0.15, 0.2) is 51.4 Å². The van der Waals surface area contributed by atoms with E-state index in [1.165, 1.54) is 11.6 Å². The molecule has 2 rings (SSSR count). The van der Waals surface area contributed by atoms with Crippen molar-refractivity contribution in [1.82, 2.24) is 5.32 Å². The number of halogens is 3. The molecule has 112 valence electrons. The van der Waals surface area contributed by atoms with Crippen LogP contribution in [0.1, 0.15) is 30.5 Å². The molecule has 2 aromatic rings. The molecule has 1 unspecified atom stereocenters. The summed E-state index contributed by atoms with van der Waals surface area (Å²) in [5, 5.41) is 3.45. The predicted octanol–water partition coefficient (Wildman–Crippen LogP) is 5.63. The van der Waals surface area contributed by atoms with Crippen LogP contribution < -0.4 is 5.32 Å². The molecule has 0 heterocycles. The largest absolute Gasteiger partial charge is 0.310 e. The molecule has 0 radical (unpaired) electrons. The average Bonchev–Trinajstić information content (AvgIpc) is 2.46. The van der Waals surface area contributed by atoms with E-state index < -0.39 is 0 Å². The zero-order chi connectivity index (χ0) is 15.2. The Bertz CT molecular complexity index is 564. The highest BCUT2D eigenvalue weighted by atomic mass is 79.9. The first-order valence-electron chi connectivity index (χ1n) is 7.03. The van der Waals surface area contributed by atoms with Gasteiger partial charge in [-0.05, 0) is 49.2 Å². The fourth-order valence-corrected chi connectivity index (χ4v) is 3.18. The van der Waals surface area contributed by atoms with Crippen LogP contribution in [-0.2, 0) is 6.42 Å². The lowest BCUT2D eigenvalue weighted by atomic mass is 9.98. The Balaban J connectivity index is 2.27. The van der Waals surface area contributed by atoms with Crippen molar-refractivity contribution in [2.24, 2.45) is 0 Å². The van der Waals surface area contributed by atoms with E-state index in [0.29, 0.717) is 5.56 Å². The summed E-state index contributed by atoms with van der Waals surface area (Å²) in [4.78, 5) is 0. The van der Waals surface area contributed by atoms with Gasteiger partial charge in [0.2, 0.25) is 0 Å². The molecule has 0 aliphatic heterocycles. The molecule has 1 atom stereocenters. The van der Waals surface area contributed by atoms with E-state index in [9.17, 15) is 4.39 Å². The van der Waals surface area contributed by atoms with Gasteiger partial charge in [-0.3, -0.25) is 0 Å². The van der Waals surface area contributed by atoms with Crippen molar-refractivity contribution >= 4 is 31.9 Å². The highest BCUT2D eigenvalue weighted by Crippen LogP contribution is 2.29. The van der Waals surface area contributed by atoms with E-state index in [2.05, 4.69) is 56.2 Å². The molecule has 0 aliphatic carbocycles. The number of nitrogens with one attached hydrogen (secondary N) is 1. The van der Waals surface area contributed by atoms with Crippen LogP contribution in [0, 0.1) is 5.82 Å². The second-order valence-electron chi connectivity index (χ2n) is 4.97. The number of hydrogen-bond donors (Lipinski definition) is 1. The van der Waals surface area contributed by atoms with Gasteiger partial charge in [0.25, 0.3) is 0 Å². The van der Waals surface area contributed by atoms with E-state index in [-0.39, 0.29) is 11.9 Å². The van der Waals surface area contributed by atoms with Crippen LogP contribution in [0.4, 0.5) is 4.39 Å². The SMILES string of the molecule is CCCNC(Cc1ccc(Br)cc1)c1c(F)cccc1Br. The van der Waals surface area contributed by atoms with Crippen LogP contribution in [0.5, 0.6) is 0 Å². The number of rotatable bonds is 6. The van der Waals surface area contributed by atoms with Gasteiger partial charge in [-0.25, -0.2) is 4.39 Å². The first-order chi connectivity index (χ1) is 10.1. The summed E-state index contributed by atoms with van der Waals surface area (Å²) in [5.41, 5.74) is 1.89. The number of benzene rings is 2. The van der Waals surface area contributed by atoms with Gasteiger partial charge in [0.1, 0.15) is 5.82 Å². The third kappa shape index (κ3) is 4.63. The van der Waals surface area contributed by atoms with E-state index in [4.69, 9.17) is 0 Å². The zero-order valence-electron chi connectivity index (χ0n) is 11.9. The third-order valence-electron chi connectivity index (χ3n) is 3.34. The lowest BCUT2D eigenvalue weighted by molar-refractivity contribution is 0.495. The van der Waals surface area contributed by atoms with Crippen LogP contribution in [0.2, 0.25) is 0 Å². The van der Waals surface area contributed by atoms with E-state index in [0.717, 1.165) is 28.3 Å². The van der Waals surface area contributed by atoms with Crippen molar-refractivity contribution in [3.8, 4) is 0 Å². The Hall–Kier alpha value is -0.710. The lowest BCUT2D eigenvalue weighted by Gasteiger charge is -2.21. The zero-order valence-corrected chi connectivity index (χ0v) is 15.0. The molecule has 2 aromatic carbocycles. The summed E-state index contributed by atoms with van der Waals surface area (Å²) in [6.45, 7) is 2.97. The molecule has 1 nitrogen and oxygen atoms in total. The molecule has 0 spiro atoms. The molecule has 21 heavy (non-hydrogen) atoms. The molecule has 0 amide bonds. The maximum Gasteiger partial charge on any atom is 0.129 e. The minimum atomic E-state index is -0.171. The van der Waals surface area contributed by atoms with Gasteiger partial charge >= 0.3 is 0 Å². The van der Waals surface area contributed by atoms with Crippen molar-refractivity contribution in [3.05, 3.63) is 68.4 Å².